The standard InChI is InChI=1S/C14H18Br2N6O2S/c15-9-6-8(25(19,23)24)7-10(16)11(9)22-13(18)20-12(17)21-14(22)4-2-1-3-5-14/h6-7H,1-5H2,(H2,19,23,24)(H4,17,18,20,21). The summed E-state index contributed by atoms with van der Waals surface area (Å²) in [5, 5.41) is 5.24. The van der Waals surface area contributed by atoms with Crippen molar-refractivity contribution in [3.8, 4) is 0 Å². The molecule has 1 fully saturated rings. The number of benzene rings is 1. The number of nitrogens with zero attached hydrogens (tertiary/aromatic N) is 3. The number of guanidine groups is 2. The number of halogens is 2. The second-order valence-electron chi connectivity index (χ2n) is 6.10. The Hall–Kier alpha value is -1.17. The molecule has 6 N–H and O–H groups in total. The van der Waals surface area contributed by atoms with Crippen molar-refractivity contribution in [2.45, 2.75) is 42.7 Å². The summed E-state index contributed by atoms with van der Waals surface area (Å²) in [6.45, 7) is 0. The van der Waals surface area contributed by atoms with Gasteiger partial charge in [-0.15, -0.1) is 0 Å². The Morgan fingerprint density at radius 3 is 2.16 bits per heavy atom. The van der Waals surface area contributed by atoms with Gasteiger partial charge in [0, 0.05) is 8.95 Å². The summed E-state index contributed by atoms with van der Waals surface area (Å²) in [7, 11) is -3.84. The van der Waals surface area contributed by atoms with Crippen molar-refractivity contribution in [2.75, 3.05) is 4.90 Å². The maximum absolute atomic E-state index is 11.7. The van der Waals surface area contributed by atoms with E-state index in [1.54, 1.807) is 0 Å². The van der Waals surface area contributed by atoms with Crippen LogP contribution in [0.5, 0.6) is 0 Å². The topological polar surface area (TPSA) is 140 Å². The molecule has 1 aromatic carbocycles. The first-order valence-corrected chi connectivity index (χ1v) is 10.8. The van der Waals surface area contributed by atoms with Crippen LogP contribution in [0.4, 0.5) is 5.69 Å². The average molecular weight is 494 g/mol. The van der Waals surface area contributed by atoms with E-state index in [-0.39, 0.29) is 16.8 Å². The first-order chi connectivity index (χ1) is 11.6. The quantitative estimate of drug-likeness (QED) is 0.577. The highest BCUT2D eigenvalue weighted by Crippen LogP contribution is 2.45. The van der Waals surface area contributed by atoms with Crippen molar-refractivity contribution >= 4 is 59.5 Å². The van der Waals surface area contributed by atoms with E-state index in [2.05, 4.69) is 41.8 Å². The lowest BCUT2D eigenvalue weighted by molar-refractivity contribution is 0.305. The molecule has 1 aliphatic heterocycles. The van der Waals surface area contributed by atoms with Crippen LogP contribution in [0, 0.1) is 0 Å². The van der Waals surface area contributed by atoms with Crippen LogP contribution in [0.2, 0.25) is 0 Å². The Kier molecular flexibility index (Phi) is 4.86. The minimum absolute atomic E-state index is 0.0109. The normalized spacial score (nSPS) is 20.4. The van der Waals surface area contributed by atoms with E-state index in [4.69, 9.17) is 16.6 Å². The van der Waals surface area contributed by atoms with Crippen LogP contribution >= 0.6 is 31.9 Å². The third-order valence-corrected chi connectivity index (χ3v) is 6.50. The van der Waals surface area contributed by atoms with Gasteiger partial charge in [-0.2, -0.15) is 4.99 Å². The van der Waals surface area contributed by atoms with E-state index in [0.29, 0.717) is 14.6 Å². The fourth-order valence-electron chi connectivity index (χ4n) is 3.37. The van der Waals surface area contributed by atoms with Gasteiger partial charge < -0.3 is 11.5 Å². The largest absolute Gasteiger partial charge is 0.369 e. The molecule has 1 spiro atoms. The zero-order valence-electron chi connectivity index (χ0n) is 13.2. The number of nitrogens with two attached hydrogens (primary N) is 3. The molecule has 1 saturated carbocycles. The van der Waals surface area contributed by atoms with Gasteiger partial charge in [-0.3, -0.25) is 4.90 Å². The zero-order chi connectivity index (χ0) is 18.4. The molecule has 0 saturated heterocycles. The summed E-state index contributed by atoms with van der Waals surface area (Å²) >= 11 is 6.87. The number of anilines is 1. The number of primary sulfonamides is 1. The van der Waals surface area contributed by atoms with Crippen LogP contribution in [-0.2, 0) is 10.0 Å². The highest BCUT2D eigenvalue weighted by Gasteiger charge is 2.44. The maximum atomic E-state index is 11.7. The van der Waals surface area contributed by atoms with Crippen LogP contribution in [0.15, 0.2) is 36.0 Å². The lowest BCUT2D eigenvalue weighted by Crippen LogP contribution is -2.58. The third-order valence-electron chi connectivity index (χ3n) is 4.39. The Morgan fingerprint density at radius 1 is 1.08 bits per heavy atom. The Labute approximate surface area is 162 Å². The summed E-state index contributed by atoms with van der Waals surface area (Å²) in [4.78, 5) is 10.5. The van der Waals surface area contributed by atoms with Gasteiger partial charge in [-0.25, -0.2) is 18.5 Å². The molecular weight excluding hydrogens is 476 g/mol. The van der Waals surface area contributed by atoms with Gasteiger partial charge in [0.05, 0.1) is 10.6 Å². The first kappa shape index (κ1) is 18.6. The summed E-state index contributed by atoms with van der Waals surface area (Å²) < 4.78 is 24.4. The van der Waals surface area contributed by atoms with Crippen molar-refractivity contribution in [2.24, 2.45) is 26.6 Å². The molecule has 0 atom stereocenters. The highest BCUT2D eigenvalue weighted by molar-refractivity contribution is 9.11. The number of aliphatic imine (C=N–C) groups is 2. The summed E-state index contributed by atoms with van der Waals surface area (Å²) in [6.07, 6.45) is 4.66. The van der Waals surface area contributed by atoms with Gasteiger partial charge in [-0.05, 0) is 69.7 Å². The van der Waals surface area contributed by atoms with Crippen molar-refractivity contribution < 1.29 is 8.42 Å². The minimum atomic E-state index is -3.84. The maximum Gasteiger partial charge on any atom is 0.238 e. The second-order valence-corrected chi connectivity index (χ2v) is 9.37. The monoisotopic (exact) mass is 492 g/mol. The number of hydrogen-bond acceptors (Lipinski definition) is 7. The van der Waals surface area contributed by atoms with Crippen molar-refractivity contribution in [1.29, 1.82) is 0 Å². The van der Waals surface area contributed by atoms with Gasteiger partial charge >= 0.3 is 0 Å². The van der Waals surface area contributed by atoms with Crippen LogP contribution in [0.3, 0.4) is 0 Å². The Morgan fingerprint density at radius 2 is 1.64 bits per heavy atom. The predicted molar refractivity (Wildman–Crippen MR) is 105 cm³/mol. The minimum Gasteiger partial charge on any atom is -0.369 e. The molecule has 0 aromatic heterocycles. The second kappa shape index (κ2) is 6.53. The number of rotatable bonds is 2. The van der Waals surface area contributed by atoms with Crippen LogP contribution in [0.25, 0.3) is 0 Å². The third kappa shape index (κ3) is 3.42. The first-order valence-electron chi connectivity index (χ1n) is 7.66. The number of sulfonamides is 1. The molecule has 0 amide bonds. The fraction of sp³-hybridized carbons (Fsp3) is 0.429. The van der Waals surface area contributed by atoms with Crippen molar-refractivity contribution in [1.82, 2.24) is 0 Å². The predicted octanol–water partition coefficient (Wildman–Crippen LogP) is 1.97. The van der Waals surface area contributed by atoms with Crippen molar-refractivity contribution in [3.05, 3.63) is 21.1 Å². The molecule has 1 heterocycles. The molecule has 11 heteroatoms. The lowest BCUT2D eigenvalue weighted by atomic mass is 9.87. The molecule has 3 rings (SSSR count). The van der Waals surface area contributed by atoms with E-state index in [1.165, 1.54) is 12.1 Å². The van der Waals surface area contributed by atoms with Crippen molar-refractivity contribution in [3.63, 3.8) is 0 Å². The van der Waals surface area contributed by atoms with Crippen LogP contribution in [0.1, 0.15) is 32.1 Å². The number of hydrogen-bond donors (Lipinski definition) is 3. The van der Waals surface area contributed by atoms with Gasteiger partial charge in [0.1, 0.15) is 5.66 Å². The summed E-state index contributed by atoms with van der Waals surface area (Å²) in [6, 6.07) is 2.89. The molecule has 2 aliphatic rings. The Bertz CT molecular complexity index is 854. The van der Waals surface area contributed by atoms with Gasteiger partial charge in [0.15, 0.2) is 0 Å². The molecule has 25 heavy (non-hydrogen) atoms. The van der Waals surface area contributed by atoms with E-state index in [0.717, 1.165) is 32.1 Å². The molecule has 136 valence electrons. The van der Waals surface area contributed by atoms with E-state index >= 15 is 0 Å². The zero-order valence-corrected chi connectivity index (χ0v) is 17.2. The molecular formula is C14H18Br2N6O2S. The fourth-order valence-corrected chi connectivity index (χ4v) is 5.77. The van der Waals surface area contributed by atoms with E-state index in [9.17, 15) is 8.42 Å². The van der Waals surface area contributed by atoms with Crippen LogP contribution < -0.4 is 21.5 Å². The molecule has 8 nitrogen and oxygen atoms in total. The smallest absolute Gasteiger partial charge is 0.238 e. The van der Waals surface area contributed by atoms with Gasteiger partial charge in [0.25, 0.3) is 0 Å². The SMILES string of the molecule is NC1=NC2(CCCCC2)N(c2c(Br)cc(S(N)(=O)=O)cc2Br)C(N)=N1. The van der Waals surface area contributed by atoms with Gasteiger partial charge in [-0.1, -0.05) is 6.42 Å². The molecule has 0 unspecified atom stereocenters. The average Bonchev–Trinajstić information content (AvgIpc) is 2.49. The lowest BCUT2D eigenvalue weighted by Gasteiger charge is -2.46. The van der Waals surface area contributed by atoms with E-state index in [1.807, 2.05) is 4.90 Å². The summed E-state index contributed by atoms with van der Waals surface area (Å²) in [5.74, 6) is 0.378. The van der Waals surface area contributed by atoms with Crippen LogP contribution in [-0.4, -0.2) is 26.0 Å². The molecule has 0 bridgehead atoms. The van der Waals surface area contributed by atoms with Gasteiger partial charge in [0.2, 0.25) is 21.9 Å². The molecule has 1 aliphatic carbocycles. The highest BCUT2D eigenvalue weighted by atomic mass is 79.9. The molecule has 1 aromatic rings. The Balaban J connectivity index is 2.18. The summed E-state index contributed by atoms with van der Waals surface area (Å²) in [5.41, 5.74) is 12.1. The molecule has 0 radical (unpaired) electrons. The van der Waals surface area contributed by atoms with E-state index < -0.39 is 15.7 Å².